The number of aliphatic hydroxyl groups excluding tert-OH is 1. The topological polar surface area (TPSA) is 154 Å². The lowest BCUT2D eigenvalue weighted by Crippen LogP contribution is -2.56. The molecule has 0 radical (unpaired) electrons. The lowest BCUT2D eigenvalue weighted by molar-refractivity contribution is -0.111. The number of aliphatic hydroxyl groups is 1. The third-order valence-electron chi connectivity index (χ3n) is 11.3. The molecule has 14 heteroatoms. The number of aromatic nitrogens is 5. The fraction of sp³-hybridized carbons (Fsp3) is 0.450. The predicted octanol–water partition coefficient (Wildman–Crippen LogP) is 4.57. The highest BCUT2D eigenvalue weighted by Crippen LogP contribution is 2.40. The smallest absolute Gasteiger partial charge is 0.276 e. The first kappa shape index (κ1) is 35.8. The van der Waals surface area contributed by atoms with Crippen molar-refractivity contribution >= 4 is 40.6 Å². The second kappa shape index (κ2) is 14.6. The Bertz CT molecular complexity index is 2090. The Labute approximate surface area is 315 Å². The maximum Gasteiger partial charge on any atom is 0.276 e. The molecule has 2 amide bonds. The Morgan fingerprint density at radius 3 is 2.69 bits per heavy atom. The fourth-order valence-electron chi connectivity index (χ4n) is 8.68. The van der Waals surface area contributed by atoms with Gasteiger partial charge < -0.3 is 29.9 Å². The van der Waals surface area contributed by atoms with Crippen molar-refractivity contribution in [3.63, 3.8) is 0 Å². The van der Waals surface area contributed by atoms with Crippen LogP contribution in [0.2, 0.25) is 0 Å². The quantitative estimate of drug-likeness (QED) is 0.208. The van der Waals surface area contributed by atoms with E-state index in [-0.39, 0.29) is 35.8 Å². The predicted molar refractivity (Wildman–Crippen MR) is 207 cm³/mol. The van der Waals surface area contributed by atoms with E-state index >= 15 is 0 Å². The summed E-state index contributed by atoms with van der Waals surface area (Å²) in [5, 5.41) is 16.9. The van der Waals surface area contributed by atoms with Crippen LogP contribution in [0.25, 0.3) is 11.4 Å². The molecular weight excluding hydrogens is 685 g/mol. The van der Waals surface area contributed by atoms with Gasteiger partial charge in [-0.2, -0.15) is 4.98 Å². The Hall–Kier alpha value is -5.18. The van der Waals surface area contributed by atoms with Gasteiger partial charge >= 0.3 is 0 Å². The number of rotatable bonds is 9. The van der Waals surface area contributed by atoms with Crippen LogP contribution in [-0.4, -0.2) is 97.8 Å². The number of fused-ring (bicyclic) bond motifs is 3. The van der Waals surface area contributed by atoms with Gasteiger partial charge in [0.15, 0.2) is 5.82 Å². The van der Waals surface area contributed by atoms with Gasteiger partial charge in [0.05, 0.1) is 18.0 Å². The van der Waals surface area contributed by atoms with Gasteiger partial charge in [0.1, 0.15) is 17.8 Å². The number of anilines is 5. The first-order valence-corrected chi connectivity index (χ1v) is 18.9. The summed E-state index contributed by atoms with van der Waals surface area (Å²) >= 11 is 0. The van der Waals surface area contributed by atoms with Crippen molar-refractivity contribution in [2.75, 3.05) is 59.8 Å². The number of hydrogen-bond acceptors (Lipinski definition) is 11. The molecule has 4 aromatic rings. The molecule has 8 rings (SSSR count). The number of piperazine rings is 1. The van der Waals surface area contributed by atoms with E-state index in [0.29, 0.717) is 59.0 Å². The Morgan fingerprint density at radius 1 is 1.07 bits per heavy atom. The number of hydrogen-bond donors (Lipinski definition) is 3. The summed E-state index contributed by atoms with van der Waals surface area (Å²) in [6, 6.07) is 10.4. The largest absolute Gasteiger partial charge is 0.392 e. The average Bonchev–Trinajstić information content (AvgIpc) is 3.67. The third-order valence-corrected chi connectivity index (χ3v) is 11.3. The Kier molecular flexibility index (Phi) is 9.67. The summed E-state index contributed by atoms with van der Waals surface area (Å²) < 4.78 is 7.75. The van der Waals surface area contributed by atoms with E-state index in [1.807, 2.05) is 24.3 Å². The minimum Gasteiger partial charge on any atom is -0.392 e. The van der Waals surface area contributed by atoms with Gasteiger partial charge in [0, 0.05) is 86.7 Å². The second-order valence-electron chi connectivity index (χ2n) is 15.5. The van der Waals surface area contributed by atoms with E-state index in [0.717, 1.165) is 64.2 Å². The lowest BCUT2D eigenvalue weighted by Gasteiger charge is -2.45. The standard InChI is InChI=1S/C40H48N10O4/c1-5-35(52)45-31-19-27(6-7-32(31)48-13-12-47(22-25(48)2)28-9-16-54-17-10-28)44-39-43-24-42-36(46-39)29-8-11-41-37(30(29)23-51)50-15-14-49-33(38(50)53)18-26-20-40(3,4)21-34(26)49/h5-8,11,18-19,24-25,28,51H,1,9-10,12-17,20-23H2,2-4H3,(H,45,52)(H,42,43,44,46)/t25-/m0/s1. The van der Waals surface area contributed by atoms with Gasteiger partial charge in [-0.1, -0.05) is 20.4 Å². The molecule has 14 nitrogen and oxygen atoms in total. The number of carbonyl (C=O) groups is 2. The zero-order chi connectivity index (χ0) is 37.6. The molecule has 282 valence electrons. The van der Waals surface area contributed by atoms with Crippen LogP contribution in [0.5, 0.6) is 0 Å². The molecule has 0 unspecified atom stereocenters. The maximum absolute atomic E-state index is 13.9. The van der Waals surface area contributed by atoms with E-state index in [1.54, 1.807) is 17.2 Å². The van der Waals surface area contributed by atoms with Crippen LogP contribution >= 0.6 is 0 Å². The third kappa shape index (κ3) is 6.85. The van der Waals surface area contributed by atoms with Crippen molar-refractivity contribution in [3.05, 3.63) is 78.0 Å². The molecule has 0 saturated carbocycles. The van der Waals surface area contributed by atoms with Gasteiger partial charge in [-0.25, -0.2) is 15.0 Å². The van der Waals surface area contributed by atoms with Crippen molar-refractivity contribution in [2.45, 2.75) is 71.7 Å². The summed E-state index contributed by atoms with van der Waals surface area (Å²) in [6.07, 6.45) is 8.29. The highest BCUT2D eigenvalue weighted by molar-refractivity contribution is 6.06. The van der Waals surface area contributed by atoms with E-state index in [1.165, 1.54) is 23.7 Å². The molecule has 2 saturated heterocycles. The average molecular weight is 733 g/mol. The zero-order valence-corrected chi connectivity index (χ0v) is 31.2. The number of carbonyl (C=O) groups excluding carboxylic acids is 2. The minimum absolute atomic E-state index is 0.135. The van der Waals surface area contributed by atoms with E-state index < -0.39 is 0 Å². The van der Waals surface area contributed by atoms with E-state index in [9.17, 15) is 14.7 Å². The fourth-order valence-corrected chi connectivity index (χ4v) is 8.68. The van der Waals surface area contributed by atoms with Crippen LogP contribution < -0.4 is 20.4 Å². The molecular formula is C40H48N10O4. The number of benzene rings is 1. The SMILES string of the molecule is C=CC(=O)Nc1cc(Nc2ncnc(-c3ccnc(N4CCn5c(cc6c5CC(C)(C)C6)C4=O)c3CO)n2)ccc1N1CCN(C2CCOCC2)C[C@@H]1C. The summed E-state index contributed by atoms with van der Waals surface area (Å²) in [5.74, 6) is 0.553. The molecule has 4 aliphatic rings. The molecule has 0 bridgehead atoms. The molecule has 3 aromatic heterocycles. The zero-order valence-electron chi connectivity index (χ0n) is 31.2. The summed E-state index contributed by atoms with van der Waals surface area (Å²) in [4.78, 5) is 51.2. The summed E-state index contributed by atoms with van der Waals surface area (Å²) in [7, 11) is 0. The Balaban J connectivity index is 1.03. The van der Waals surface area contributed by atoms with Gasteiger partial charge in [-0.15, -0.1) is 0 Å². The van der Waals surface area contributed by atoms with Gasteiger partial charge in [-0.05, 0) is 80.0 Å². The summed E-state index contributed by atoms with van der Waals surface area (Å²) in [5.41, 5.74) is 6.59. The van der Waals surface area contributed by atoms with Crippen molar-refractivity contribution in [1.29, 1.82) is 0 Å². The first-order chi connectivity index (χ1) is 26.1. The Morgan fingerprint density at radius 2 is 1.91 bits per heavy atom. The maximum atomic E-state index is 13.9. The van der Waals surface area contributed by atoms with Crippen LogP contribution in [0.15, 0.2) is 55.5 Å². The van der Waals surface area contributed by atoms with Crippen LogP contribution in [0.1, 0.15) is 60.9 Å². The van der Waals surface area contributed by atoms with Crippen LogP contribution in [0.3, 0.4) is 0 Å². The number of nitrogens with one attached hydrogen (secondary N) is 2. The molecule has 0 spiro atoms. The normalized spacial score (nSPS) is 20.1. The van der Waals surface area contributed by atoms with Crippen molar-refractivity contribution in [1.82, 2.24) is 29.4 Å². The van der Waals surface area contributed by atoms with Gasteiger partial charge in [-0.3, -0.25) is 19.4 Å². The second-order valence-corrected chi connectivity index (χ2v) is 15.5. The van der Waals surface area contributed by atoms with Gasteiger partial charge in [0.2, 0.25) is 11.9 Å². The first-order valence-electron chi connectivity index (χ1n) is 18.9. The molecule has 2 fully saturated rings. The number of amides is 2. The van der Waals surface area contributed by atoms with Crippen molar-refractivity contribution < 1.29 is 19.4 Å². The van der Waals surface area contributed by atoms with E-state index in [2.05, 4.69) is 67.3 Å². The van der Waals surface area contributed by atoms with Gasteiger partial charge in [0.25, 0.3) is 5.91 Å². The number of ether oxygens (including phenoxy) is 1. The number of pyridine rings is 1. The van der Waals surface area contributed by atoms with Crippen LogP contribution in [0, 0.1) is 5.41 Å². The lowest BCUT2D eigenvalue weighted by atomic mass is 9.90. The molecule has 3 aliphatic heterocycles. The van der Waals surface area contributed by atoms with E-state index in [4.69, 9.17) is 9.72 Å². The number of nitrogens with zero attached hydrogens (tertiary/aromatic N) is 8. The molecule has 1 aromatic carbocycles. The molecule has 6 heterocycles. The molecule has 1 aliphatic carbocycles. The van der Waals surface area contributed by atoms with Crippen molar-refractivity contribution in [2.24, 2.45) is 5.41 Å². The van der Waals surface area contributed by atoms with Crippen LogP contribution in [-0.2, 0) is 35.5 Å². The molecule has 54 heavy (non-hydrogen) atoms. The monoisotopic (exact) mass is 732 g/mol. The van der Waals surface area contributed by atoms with Crippen molar-refractivity contribution in [3.8, 4) is 11.4 Å². The molecule has 3 N–H and O–H groups in total. The van der Waals surface area contributed by atoms with Crippen LogP contribution in [0.4, 0.5) is 28.8 Å². The highest BCUT2D eigenvalue weighted by atomic mass is 16.5. The highest BCUT2D eigenvalue weighted by Gasteiger charge is 2.38. The summed E-state index contributed by atoms with van der Waals surface area (Å²) in [6.45, 7) is 15.4. The molecule has 1 atom stereocenters. The minimum atomic E-state index is -0.363.